The lowest BCUT2D eigenvalue weighted by Crippen LogP contribution is -1.77. The van der Waals surface area contributed by atoms with E-state index < -0.39 is 0 Å². The monoisotopic (exact) mass is 134 g/mol. The molecule has 1 rings (SSSR count). The van der Waals surface area contributed by atoms with Crippen LogP contribution in [-0.4, -0.2) is 4.98 Å². The summed E-state index contributed by atoms with van der Waals surface area (Å²) in [6.07, 6.45) is 3.48. The third kappa shape index (κ3) is 1.44. The third-order valence-electron chi connectivity index (χ3n) is 1.49. The van der Waals surface area contributed by atoms with E-state index in [1.165, 1.54) is 0 Å². The van der Waals surface area contributed by atoms with Gasteiger partial charge in [-0.25, -0.2) is 0 Å². The van der Waals surface area contributed by atoms with Gasteiger partial charge in [0, 0.05) is 12.4 Å². The Morgan fingerprint density at radius 3 is 2.70 bits per heavy atom. The van der Waals surface area contributed by atoms with E-state index in [0.29, 0.717) is 6.05 Å². The molecule has 10 heavy (non-hydrogen) atoms. The molecule has 0 N–H and O–H groups in total. The van der Waals surface area contributed by atoms with Crippen molar-refractivity contribution in [2.24, 2.45) is 0 Å². The first-order valence-electron chi connectivity index (χ1n) is 3.76. The molecule has 1 heterocycles. The van der Waals surface area contributed by atoms with Gasteiger partial charge in [-0.2, -0.15) is 0 Å². The molecule has 0 aromatic carbocycles. The van der Waals surface area contributed by atoms with Crippen LogP contribution in [0.15, 0.2) is 30.6 Å². The minimum Gasteiger partial charge on any atom is -0.265 e. The van der Waals surface area contributed by atoms with Gasteiger partial charge in [0.25, 0.3) is 0 Å². The summed E-state index contributed by atoms with van der Waals surface area (Å²) in [6, 6.07) is 4.43. The fraction of sp³-hybridized carbons (Fsp3) is 0.222. The molecular formula is C9H11N. The van der Waals surface area contributed by atoms with Crippen LogP contribution in [0.25, 0.3) is 5.57 Å². The van der Waals surface area contributed by atoms with Crippen molar-refractivity contribution in [2.75, 3.05) is 0 Å². The van der Waals surface area contributed by atoms with Crippen molar-refractivity contribution in [3.63, 3.8) is 0 Å². The number of nitrogens with zero attached hydrogens (tertiary/aromatic N) is 1. The number of allylic oxidation sites excluding steroid dienone is 2. The zero-order valence-corrected chi connectivity index (χ0v) is 6.26. The molecule has 0 atom stereocenters. The average Bonchev–Trinajstić information content (AvgIpc) is 2.05. The maximum atomic E-state index is 7.38. The molecule has 0 unspecified atom stereocenters. The second-order valence-electron chi connectivity index (χ2n) is 2.11. The Kier molecular flexibility index (Phi) is 1.79. The molecule has 1 nitrogen and oxygen atoms in total. The van der Waals surface area contributed by atoms with Crippen molar-refractivity contribution in [3.05, 3.63) is 36.1 Å². The van der Waals surface area contributed by atoms with E-state index in [1.54, 1.807) is 19.3 Å². The van der Waals surface area contributed by atoms with E-state index >= 15 is 0 Å². The Bertz CT molecular complexity index is 260. The molecule has 52 valence electrons. The van der Waals surface area contributed by atoms with Gasteiger partial charge in [-0.1, -0.05) is 6.05 Å². The Balaban J connectivity index is 3.04. The van der Waals surface area contributed by atoms with Crippen molar-refractivity contribution in [3.8, 4) is 0 Å². The van der Waals surface area contributed by atoms with Crippen LogP contribution in [0.4, 0.5) is 0 Å². The molecule has 0 amide bonds. The zero-order chi connectivity index (χ0) is 8.27. The predicted octanol–water partition coefficient (Wildman–Crippen LogP) is 2.50. The molecular weight excluding hydrogens is 122 g/mol. The third-order valence-corrected chi connectivity index (χ3v) is 1.49. The molecule has 0 fully saturated rings. The van der Waals surface area contributed by atoms with Gasteiger partial charge in [-0.3, -0.25) is 4.98 Å². The Labute approximate surface area is 62.8 Å². The fourth-order valence-electron chi connectivity index (χ4n) is 0.746. The molecule has 0 aliphatic rings. The van der Waals surface area contributed by atoms with Gasteiger partial charge in [-0.15, -0.1) is 0 Å². The van der Waals surface area contributed by atoms with Gasteiger partial charge in [0.1, 0.15) is 0 Å². The van der Waals surface area contributed by atoms with Gasteiger partial charge in [-0.05, 0) is 37.1 Å². The summed E-state index contributed by atoms with van der Waals surface area (Å²) in [5.74, 6) is 0. The Morgan fingerprint density at radius 2 is 2.20 bits per heavy atom. The predicted molar refractivity (Wildman–Crippen MR) is 43.6 cm³/mol. The van der Waals surface area contributed by atoms with Crippen LogP contribution in [0.1, 0.15) is 20.8 Å². The molecule has 0 spiro atoms. The van der Waals surface area contributed by atoms with E-state index in [0.717, 1.165) is 11.1 Å². The van der Waals surface area contributed by atoms with Crippen molar-refractivity contribution in [1.82, 2.24) is 4.98 Å². The highest BCUT2D eigenvalue weighted by Crippen LogP contribution is 2.10. The van der Waals surface area contributed by atoms with Crippen LogP contribution in [0.2, 0.25) is 0 Å². The molecule has 0 aliphatic carbocycles. The number of rotatable bonds is 1. The van der Waals surface area contributed by atoms with Gasteiger partial charge >= 0.3 is 0 Å². The lowest BCUT2D eigenvalue weighted by Gasteiger charge is -1.96. The van der Waals surface area contributed by atoms with Gasteiger partial charge in [0.15, 0.2) is 0 Å². The Hall–Kier alpha value is -1.11. The van der Waals surface area contributed by atoms with Crippen LogP contribution < -0.4 is 0 Å². The quantitative estimate of drug-likeness (QED) is 0.575. The molecule has 1 aromatic rings. The van der Waals surface area contributed by atoms with Crippen molar-refractivity contribution < 1.29 is 1.37 Å². The number of aromatic nitrogens is 1. The highest BCUT2D eigenvalue weighted by atomic mass is 14.6. The summed E-state index contributed by atoms with van der Waals surface area (Å²) in [5.41, 5.74) is 2.08. The normalized spacial score (nSPS) is 14.0. The summed E-state index contributed by atoms with van der Waals surface area (Å²) in [5, 5.41) is 0. The number of pyridine rings is 1. The maximum absolute atomic E-state index is 7.38. The number of hydrogen-bond acceptors (Lipinski definition) is 1. The van der Waals surface area contributed by atoms with Gasteiger partial charge in [0.05, 0.1) is 1.37 Å². The lowest BCUT2D eigenvalue weighted by molar-refractivity contribution is 1.31. The van der Waals surface area contributed by atoms with Crippen molar-refractivity contribution >= 4 is 5.57 Å². The molecule has 0 radical (unpaired) electrons. The molecule has 0 saturated heterocycles. The smallest absolute Gasteiger partial charge is 0.0576 e. The lowest BCUT2D eigenvalue weighted by atomic mass is 10.1. The van der Waals surface area contributed by atoms with E-state index in [-0.39, 0.29) is 0 Å². The summed E-state index contributed by atoms with van der Waals surface area (Å²) < 4.78 is 7.38. The van der Waals surface area contributed by atoms with Crippen LogP contribution in [0.3, 0.4) is 0 Å². The standard InChI is InChI=1S/C9H11N/c1-3-8(2)9-4-6-10-7-5-9/h3-7H,1-2H3/b8-3-/i3D. The minimum atomic E-state index is 0.608. The van der Waals surface area contributed by atoms with E-state index in [2.05, 4.69) is 4.98 Å². The van der Waals surface area contributed by atoms with E-state index in [1.807, 2.05) is 19.1 Å². The Morgan fingerprint density at radius 1 is 1.60 bits per heavy atom. The average molecular weight is 134 g/mol. The molecule has 0 aliphatic heterocycles. The largest absolute Gasteiger partial charge is 0.265 e. The van der Waals surface area contributed by atoms with Crippen LogP contribution in [0, 0.1) is 0 Å². The zero-order valence-electron chi connectivity index (χ0n) is 7.26. The minimum absolute atomic E-state index is 0.608. The molecule has 1 heteroatoms. The van der Waals surface area contributed by atoms with E-state index in [9.17, 15) is 0 Å². The first-order chi connectivity index (χ1) is 5.22. The first-order valence-corrected chi connectivity index (χ1v) is 3.26. The fourth-order valence-corrected chi connectivity index (χ4v) is 0.746. The SMILES string of the molecule is [2H]/C(C)=C(\C)c1ccncc1. The molecule has 0 bridgehead atoms. The van der Waals surface area contributed by atoms with Gasteiger partial charge < -0.3 is 0 Å². The second-order valence-corrected chi connectivity index (χ2v) is 2.11. The van der Waals surface area contributed by atoms with Crippen molar-refractivity contribution in [2.45, 2.75) is 13.8 Å². The number of hydrogen-bond donors (Lipinski definition) is 0. The topological polar surface area (TPSA) is 12.9 Å². The molecule has 1 aromatic heterocycles. The van der Waals surface area contributed by atoms with Crippen LogP contribution >= 0.6 is 0 Å². The van der Waals surface area contributed by atoms with Crippen molar-refractivity contribution in [1.29, 1.82) is 0 Å². The first kappa shape index (κ1) is 5.66. The highest BCUT2D eigenvalue weighted by molar-refractivity contribution is 5.62. The summed E-state index contributed by atoms with van der Waals surface area (Å²) in [6.45, 7) is 3.73. The van der Waals surface area contributed by atoms with Crippen LogP contribution in [0.5, 0.6) is 0 Å². The molecule has 0 saturated carbocycles. The summed E-state index contributed by atoms with van der Waals surface area (Å²) >= 11 is 0. The second kappa shape index (κ2) is 3.16. The van der Waals surface area contributed by atoms with Crippen LogP contribution in [-0.2, 0) is 0 Å². The maximum Gasteiger partial charge on any atom is 0.0576 e. The summed E-state index contributed by atoms with van der Waals surface area (Å²) in [7, 11) is 0. The highest BCUT2D eigenvalue weighted by Gasteiger charge is 1.89. The van der Waals surface area contributed by atoms with E-state index in [4.69, 9.17) is 1.37 Å². The summed E-state index contributed by atoms with van der Waals surface area (Å²) in [4.78, 5) is 3.90. The van der Waals surface area contributed by atoms with Gasteiger partial charge in [0.2, 0.25) is 0 Å².